The van der Waals surface area contributed by atoms with E-state index in [-0.39, 0.29) is 6.04 Å². The van der Waals surface area contributed by atoms with Crippen LogP contribution in [0.25, 0.3) is 0 Å². The second-order valence-corrected chi connectivity index (χ2v) is 6.28. The molecule has 0 spiro atoms. The molecule has 1 aliphatic carbocycles. The normalized spacial score (nSPS) is 21.3. The van der Waals surface area contributed by atoms with E-state index in [1.54, 1.807) is 7.11 Å². The molecule has 0 radical (unpaired) electrons. The van der Waals surface area contributed by atoms with Crippen LogP contribution in [0.4, 0.5) is 0 Å². The summed E-state index contributed by atoms with van der Waals surface area (Å²) in [6, 6.07) is 10.4. The van der Waals surface area contributed by atoms with Crippen LogP contribution in [0.1, 0.15) is 23.6 Å². The van der Waals surface area contributed by atoms with Crippen LogP contribution in [0.2, 0.25) is 0 Å². The molecule has 1 aliphatic rings. The zero-order valence-corrected chi connectivity index (χ0v) is 12.3. The Hall–Kier alpha value is -1.52. The lowest BCUT2D eigenvalue weighted by Crippen LogP contribution is -2.29. The van der Waals surface area contributed by atoms with Crippen molar-refractivity contribution in [3.63, 3.8) is 0 Å². The predicted molar refractivity (Wildman–Crippen MR) is 82.1 cm³/mol. The second kappa shape index (κ2) is 5.85. The van der Waals surface area contributed by atoms with E-state index in [0.717, 1.165) is 18.6 Å². The number of rotatable bonds is 3. The van der Waals surface area contributed by atoms with Gasteiger partial charge in [0.25, 0.3) is 0 Å². The number of pyridine rings is 1. The molecule has 0 saturated heterocycles. The molecule has 2 N–H and O–H groups in total. The summed E-state index contributed by atoms with van der Waals surface area (Å²) in [4.78, 5) is 5.28. The third-order valence-corrected chi connectivity index (χ3v) is 5.12. The Morgan fingerprint density at radius 1 is 1.25 bits per heavy atom. The average Bonchev–Trinajstić information content (AvgIpc) is 2.51. The molecular weight excluding hydrogens is 268 g/mol. The van der Waals surface area contributed by atoms with Crippen molar-refractivity contribution >= 4 is 11.8 Å². The highest BCUT2D eigenvalue weighted by Gasteiger charge is 2.27. The van der Waals surface area contributed by atoms with Crippen LogP contribution >= 0.6 is 11.8 Å². The summed E-state index contributed by atoms with van der Waals surface area (Å²) in [5.74, 6) is 0.883. The number of aromatic nitrogens is 1. The minimum absolute atomic E-state index is 0.0482. The number of hydrogen-bond donors (Lipinski definition) is 1. The third kappa shape index (κ3) is 2.67. The molecule has 0 bridgehead atoms. The highest BCUT2D eigenvalue weighted by Crippen LogP contribution is 2.39. The Balaban J connectivity index is 1.83. The Labute approximate surface area is 123 Å². The molecular formula is C16H18N2OS. The van der Waals surface area contributed by atoms with Crippen LogP contribution in [-0.4, -0.2) is 17.3 Å². The van der Waals surface area contributed by atoms with Gasteiger partial charge in [0.05, 0.1) is 7.11 Å². The molecule has 20 heavy (non-hydrogen) atoms. The Kier molecular flexibility index (Phi) is 3.94. The summed E-state index contributed by atoms with van der Waals surface area (Å²) in [5.41, 5.74) is 9.05. The number of benzene rings is 1. The molecule has 1 aromatic heterocycles. The van der Waals surface area contributed by atoms with E-state index in [1.807, 2.05) is 42.4 Å². The van der Waals surface area contributed by atoms with Crippen LogP contribution in [-0.2, 0) is 6.42 Å². The minimum atomic E-state index is 0.0482. The molecule has 104 valence electrons. The van der Waals surface area contributed by atoms with E-state index in [4.69, 9.17) is 10.5 Å². The molecule has 1 heterocycles. The molecule has 0 amide bonds. The molecule has 4 heteroatoms. The fourth-order valence-corrected chi connectivity index (χ4v) is 3.80. The zero-order valence-electron chi connectivity index (χ0n) is 11.5. The largest absolute Gasteiger partial charge is 0.497 e. The molecule has 0 fully saturated rings. The SMILES string of the molecule is COc1ccc2c(c1)C(N)C(Sc1ccncc1)CC2. The smallest absolute Gasteiger partial charge is 0.119 e. The maximum Gasteiger partial charge on any atom is 0.119 e. The number of nitrogens with zero attached hydrogens (tertiary/aromatic N) is 1. The van der Waals surface area contributed by atoms with Gasteiger partial charge in [-0.3, -0.25) is 4.98 Å². The Bertz CT molecular complexity index is 588. The van der Waals surface area contributed by atoms with Crippen LogP contribution in [0.3, 0.4) is 0 Å². The lowest BCUT2D eigenvalue weighted by molar-refractivity contribution is 0.412. The van der Waals surface area contributed by atoms with Crippen molar-refractivity contribution in [2.75, 3.05) is 7.11 Å². The Morgan fingerprint density at radius 2 is 2.05 bits per heavy atom. The van der Waals surface area contributed by atoms with Gasteiger partial charge in [-0.15, -0.1) is 11.8 Å². The van der Waals surface area contributed by atoms with E-state index in [2.05, 4.69) is 17.1 Å². The van der Waals surface area contributed by atoms with Gasteiger partial charge in [-0.1, -0.05) is 6.07 Å². The van der Waals surface area contributed by atoms with Gasteiger partial charge in [0, 0.05) is 28.6 Å². The van der Waals surface area contributed by atoms with Gasteiger partial charge in [-0.25, -0.2) is 0 Å². The molecule has 1 aromatic carbocycles. The van der Waals surface area contributed by atoms with Gasteiger partial charge in [0.2, 0.25) is 0 Å². The van der Waals surface area contributed by atoms with E-state index in [0.29, 0.717) is 5.25 Å². The van der Waals surface area contributed by atoms with E-state index in [1.165, 1.54) is 16.0 Å². The highest BCUT2D eigenvalue weighted by atomic mass is 32.2. The van der Waals surface area contributed by atoms with Crippen molar-refractivity contribution in [1.82, 2.24) is 4.98 Å². The molecule has 3 rings (SSSR count). The van der Waals surface area contributed by atoms with E-state index in [9.17, 15) is 0 Å². The third-order valence-electron chi connectivity index (χ3n) is 3.75. The summed E-state index contributed by atoms with van der Waals surface area (Å²) in [6.45, 7) is 0. The quantitative estimate of drug-likeness (QED) is 0.941. The van der Waals surface area contributed by atoms with Crippen molar-refractivity contribution in [3.8, 4) is 5.75 Å². The lowest BCUT2D eigenvalue weighted by atomic mass is 9.87. The highest BCUT2D eigenvalue weighted by molar-refractivity contribution is 8.00. The number of methoxy groups -OCH3 is 1. The van der Waals surface area contributed by atoms with Gasteiger partial charge >= 0.3 is 0 Å². The van der Waals surface area contributed by atoms with Gasteiger partial charge in [-0.05, 0) is 48.2 Å². The van der Waals surface area contributed by atoms with E-state index >= 15 is 0 Å². The maximum atomic E-state index is 6.47. The molecule has 0 aliphatic heterocycles. The first-order valence-corrected chi connectivity index (χ1v) is 7.65. The monoisotopic (exact) mass is 286 g/mol. The summed E-state index contributed by atoms with van der Waals surface area (Å²) in [7, 11) is 1.69. The van der Waals surface area contributed by atoms with Crippen LogP contribution < -0.4 is 10.5 Å². The Morgan fingerprint density at radius 3 is 2.80 bits per heavy atom. The summed E-state index contributed by atoms with van der Waals surface area (Å²) < 4.78 is 5.31. The maximum absolute atomic E-state index is 6.47. The van der Waals surface area contributed by atoms with Gasteiger partial charge in [0.1, 0.15) is 5.75 Å². The van der Waals surface area contributed by atoms with Crippen molar-refractivity contribution < 1.29 is 4.74 Å². The lowest BCUT2D eigenvalue weighted by Gasteiger charge is -2.30. The predicted octanol–water partition coefficient (Wildman–Crippen LogP) is 3.20. The minimum Gasteiger partial charge on any atom is -0.497 e. The molecule has 2 unspecified atom stereocenters. The summed E-state index contributed by atoms with van der Waals surface area (Å²) in [6.07, 6.45) is 5.84. The van der Waals surface area contributed by atoms with Gasteiger partial charge < -0.3 is 10.5 Å². The number of thioether (sulfide) groups is 1. The zero-order chi connectivity index (χ0) is 13.9. The van der Waals surface area contributed by atoms with Crippen molar-refractivity contribution in [3.05, 3.63) is 53.9 Å². The fourth-order valence-electron chi connectivity index (χ4n) is 2.64. The first-order valence-electron chi connectivity index (χ1n) is 6.77. The van der Waals surface area contributed by atoms with Crippen molar-refractivity contribution in [2.45, 2.75) is 29.0 Å². The van der Waals surface area contributed by atoms with E-state index < -0.39 is 0 Å². The molecule has 3 nitrogen and oxygen atoms in total. The van der Waals surface area contributed by atoms with Crippen LogP contribution in [0.5, 0.6) is 5.75 Å². The standard InChI is InChI=1S/C16H18N2OS/c1-19-12-4-2-11-3-5-15(16(17)14(11)10-12)20-13-6-8-18-9-7-13/h2,4,6-10,15-16H,3,5,17H2,1H3. The van der Waals surface area contributed by atoms with Crippen LogP contribution in [0, 0.1) is 0 Å². The molecule has 2 aromatic rings. The number of nitrogens with two attached hydrogens (primary N) is 1. The van der Waals surface area contributed by atoms with Crippen molar-refractivity contribution in [1.29, 1.82) is 0 Å². The van der Waals surface area contributed by atoms with Crippen molar-refractivity contribution in [2.24, 2.45) is 5.73 Å². The number of fused-ring (bicyclic) bond motifs is 1. The van der Waals surface area contributed by atoms with Crippen LogP contribution in [0.15, 0.2) is 47.6 Å². The first kappa shape index (κ1) is 13.5. The molecule has 2 atom stereocenters. The second-order valence-electron chi connectivity index (χ2n) is 4.97. The summed E-state index contributed by atoms with van der Waals surface area (Å²) in [5, 5.41) is 0.400. The molecule has 0 saturated carbocycles. The summed E-state index contributed by atoms with van der Waals surface area (Å²) >= 11 is 1.84. The number of ether oxygens (including phenoxy) is 1. The topological polar surface area (TPSA) is 48.1 Å². The fraction of sp³-hybridized carbons (Fsp3) is 0.312. The van der Waals surface area contributed by atoms with Gasteiger partial charge in [-0.2, -0.15) is 0 Å². The average molecular weight is 286 g/mol. The number of hydrogen-bond acceptors (Lipinski definition) is 4. The number of aryl methyl sites for hydroxylation is 1. The first-order chi connectivity index (χ1) is 9.78. The van der Waals surface area contributed by atoms with Gasteiger partial charge in [0.15, 0.2) is 0 Å².